The van der Waals surface area contributed by atoms with Crippen molar-refractivity contribution in [1.82, 2.24) is 10.3 Å². The Hall–Kier alpha value is -1.14. The summed E-state index contributed by atoms with van der Waals surface area (Å²) >= 11 is 6.48. The molecule has 16 heavy (non-hydrogen) atoms. The van der Waals surface area contributed by atoms with Crippen molar-refractivity contribution in [2.24, 2.45) is 0 Å². The SMILES string of the molecule is CNC(=S)SCc1ccc(C(=O)OC)cn1. The molecule has 0 atom stereocenters. The fourth-order valence-corrected chi connectivity index (χ4v) is 1.73. The smallest absolute Gasteiger partial charge is 0.339 e. The summed E-state index contributed by atoms with van der Waals surface area (Å²) in [6.07, 6.45) is 1.50. The zero-order chi connectivity index (χ0) is 12.0. The van der Waals surface area contributed by atoms with Gasteiger partial charge in [-0.2, -0.15) is 0 Å². The molecule has 1 rings (SSSR count). The van der Waals surface area contributed by atoms with Crippen molar-refractivity contribution in [3.8, 4) is 0 Å². The van der Waals surface area contributed by atoms with Crippen LogP contribution in [0.4, 0.5) is 0 Å². The predicted octanol–water partition coefficient (Wildman–Crippen LogP) is 1.61. The molecule has 0 radical (unpaired) electrons. The summed E-state index contributed by atoms with van der Waals surface area (Å²) in [7, 11) is 3.13. The number of nitrogens with zero attached hydrogens (tertiary/aromatic N) is 1. The summed E-state index contributed by atoms with van der Waals surface area (Å²) in [5.41, 5.74) is 1.32. The molecule has 0 aromatic carbocycles. The third kappa shape index (κ3) is 3.79. The van der Waals surface area contributed by atoms with E-state index in [1.54, 1.807) is 19.2 Å². The van der Waals surface area contributed by atoms with Crippen LogP contribution in [-0.4, -0.2) is 29.4 Å². The molecule has 0 amide bonds. The van der Waals surface area contributed by atoms with Gasteiger partial charge in [-0.25, -0.2) is 4.79 Å². The number of thioether (sulfide) groups is 1. The van der Waals surface area contributed by atoms with Crippen LogP contribution in [0.1, 0.15) is 16.1 Å². The van der Waals surface area contributed by atoms with E-state index in [2.05, 4.69) is 15.0 Å². The van der Waals surface area contributed by atoms with Gasteiger partial charge in [0.05, 0.1) is 18.4 Å². The predicted molar refractivity (Wildman–Crippen MR) is 68.5 cm³/mol. The summed E-state index contributed by atoms with van der Waals surface area (Å²) in [4.78, 5) is 15.3. The van der Waals surface area contributed by atoms with Crippen LogP contribution < -0.4 is 5.32 Å². The van der Waals surface area contributed by atoms with Gasteiger partial charge in [-0.05, 0) is 12.1 Å². The first-order valence-corrected chi connectivity index (χ1v) is 5.94. The van der Waals surface area contributed by atoms with E-state index in [0.29, 0.717) is 11.3 Å². The normalized spacial score (nSPS) is 9.62. The van der Waals surface area contributed by atoms with E-state index in [9.17, 15) is 4.79 Å². The maximum atomic E-state index is 11.1. The third-order valence-corrected chi connectivity index (χ3v) is 3.27. The number of rotatable bonds is 3. The minimum Gasteiger partial charge on any atom is -0.465 e. The van der Waals surface area contributed by atoms with Crippen molar-refractivity contribution in [2.45, 2.75) is 5.75 Å². The van der Waals surface area contributed by atoms with Crippen molar-refractivity contribution in [2.75, 3.05) is 14.2 Å². The molecular formula is C10H12N2O2S2. The van der Waals surface area contributed by atoms with Crippen LogP contribution in [0.5, 0.6) is 0 Å². The number of aromatic nitrogens is 1. The number of carbonyl (C=O) groups is 1. The number of esters is 1. The lowest BCUT2D eigenvalue weighted by Crippen LogP contribution is -2.11. The Balaban J connectivity index is 2.58. The lowest BCUT2D eigenvalue weighted by atomic mass is 10.2. The summed E-state index contributed by atoms with van der Waals surface area (Å²) < 4.78 is 5.30. The Morgan fingerprint density at radius 2 is 2.38 bits per heavy atom. The van der Waals surface area contributed by atoms with Crippen molar-refractivity contribution < 1.29 is 9.53 Å². The maximum absolute atomic E-state index is 11.1. The van der Waals surface area contributed by atoms with Gasteiger partial charge in [0.15, 0.2) is 0 Å². The zero-order valence-electron chi connectivity index (χ0n) is 9.02. The molecule has 0 spiro atoms. The number of nitrogens with one attached hydrogen (secondary N) is 1. The molecule has 1 N–H and O–H groups in total. The standard InChI is InChI=1S/C10H12N2O2S2/c1-11-10(15)16-6-8-4-3-7(5-12-8)9(13)14-2/h3-5H,6H2,1-2H3,(H,11,15). The third-order valence-electron chi connectivity index (χ3n) is 1.80. The number of ether oxygens (including phenoxy) is 1. The van der Waals surface area contributed by atoms with Crippen LogP contribution in [-0.2, 0) is 10.5 Å². The van der Waals surface area contributed by atoms with E-state index in [1.807, 2.05) is 0 Å². The number of methoxy groups -OCH3 is 1. The summed E-state index contributed by atoms with van der Waals surface area (Å²) in [6, 6.07) is 3.48. The van der Waals surface area contributed by atoms with Gasteiger partial charge >= 0.3 is 5.97 Å². The molecular weight excluding hydrogens is 244 g/mol. The average Bonchev–Trinajstić information content (AvgIpc) is 2.35. The second-order valence-corrected chi connectivity index (χ2v) is 4.51. The average molecular weight is 256 g/mol. The highest BCUT2D eigenvalue weighted by Crippen LogP contribution is 2.11. The monoisotopic (exact) mass is 256 g/mol. The molecule has 0 saturated carbocycles. The van der Waals surface area contributed by atoms with Crippen molar-refractivity contribution in [1.29, 1.82) is 0 Å². The van der Waals surface area contributed by atoms with Gasteiger partial charge in [0.2, 0.25) is 0 Å². The molecule has 0 bridgehead atoms. The lowest BCUT2D eigenvalue weighted by Gasteiger charge is -2.03. The lowest BCUT2D eigenvalue weighted by molar-refractivity contribution is 0.0600. The Morgan fingerprint density at radius 1 is 1.62 bits per heavy atom. The van der Waals surface area contributed by atoms with Gasteiger partial charge in [0.1, 0.15) is 4.32 Å². The van der Waals surface area contributed by atoms with Gasteiger partial charge in [0.25, 0.3) is 0 Å². The maximum Gasteiger partial charge on any atom is 0.339 e. The number of thiocarbonyl (C=S) groups is 1. The van der Waals surface area contributed by atoms with Crippen molar-refractivity contribution in [3.05, 3.63) is 29.6 Å². The van der Waals surface area contributed by atoms with Gasteiger partial charge < -0.3 is 10.1 Å². The van der Waals surface area contributed by atoms with Gasteiger partial charge in [-0.3, -0.25) is 4.98 Å². The second kappa shape index (κ2) is 6.44. The van der Waals surface area contributed by atoms with E-state index >= 15 is 0 Å². The van der Waals surface area contributed by atoms with Crippen LogP contribution >= 0.6 is 24.0 Å². The molecule has 0 aliphatic carbocycles. The molecule has 1 aromatic heterocycles. The Labute approximate surface area is 104 Å². The van der Waals surface area contributed by atoms with Crippen LogP contribution in [0.25, 0.3) is 0 Å². The number of pyridine rings is 1. The van der Waals surface area contributed by atoms with Crippen molar-refractivity contribution in [3.63, 3.8) is 0 Å². The highest BCUT2D eigenvalue weighted by molar-refractivity contribution is 8.22. The molecule has 1 aromatic rings. The molecule has 4 nitrogen and oxygen atoms in total. The second-order valence-electron chi connectivity index (χ2n) is 2.86. The molecule has 0 unspecified atom stereocenters. The van der Waals surface area contributed by atoms with E-state index in [0.717, 1.165) is 10.0 Å². The Kier molecular flexibility index (Phi) is 5.21. The van der Waals surface area contributed by atoms with E-state index in [-0.39, 0.29) is 5.97 Å². The van der Waals surface area contributed by atoms with Crippen molar-refractivity contribution >= 4 is 34.3 Å². The Bertz CT molecular complexity index is 379. The van der Waals surface area contributed by atoms with Crippen LogP contribution in [0.2, 0.25) is 0 Å². The molecule has 0 fully saturated rings. The Morgan fingerprint density at radius 3 is 2.88 bits per heavy atom. The number of carbonyl (C=O) groups excluding carboxylic acids is 1. The highest BCUT2D eigenvalue weighted by atomic mass is 32.2. The summed E-state index contributed by atoms with van der Waals surface area (Å²) in [5, 5.41) is 2.87. The largest absolute Gasteiger partial charge is 0.465 e. The fraction of sp³-hybridized carbons (Fsp3) is 0.300. The van der Waals surface area contributed by atoms with E-state index in [4.69, 9.17) is 12.2 Å². The molecule has 6 heteroatoms. The number of hydrogen-bond acceptors (Lipinski definition) is 5. The van der Waals surface area contributed by atoms with E-state index in [1.165, 1.54) is 25.1 Å². The zero-order valence-corrected chi connectivity index (χ0v) is 10.7. The summed E-state index contributed by atoms with van der Waals surface area (Å²) in [6.45, 7) is 0. The highest BCUT2D eigenvalue weighted by Gasteiger charge is 2.05. The summed E-state index contributed by atoms with van der Waals surface area (Å²) in [5.74, 6) is 0.304. The van der Waals surface area contributed by atoms with Gasteiger partial charge in [-0.15, -0.1) is 0 Å². The first-order chi connectivity index (χ1) is 7.67. The van der Waals surface area contributed by atoms with Crippen LogP contribution in [0.15, 0.2) is 18.3 Å². The fourth-order valence-electron chi connectivity index (χ4n) is 0.960. The first kappa shape index (κ1) is 12.9. The van der Waals surface area contributed by atoms with Gasteiger partial charge in [0, 0.05) is 19.0 Å². The number of hydrogen-bond donors (Lipinski definition) is 1. The molecule has 86 valence electrons. The first-order valence-electron chi connectivity index (χ1n) is 4.55. The minimum absolute atomic E-state index is 0.377. The van der Waals surface area contributed by atoms with Crippen LogP contribution in [0.3, 0.4) is 0 Å². The molecule has 0 aliphatic rings. The minimum atomic E-state index is -0.377. The topological polar surface area (TPSA) is 51.2 Å². The molecule has 1 heterocycles. The molecule has 0 saturated heterocycles. The molecule has 0 aliphatic heterocycles. The van der Waals surface area contributed by atoms with E-state index < -0.39 is 0 Å². The van der Waals surface area contributed by atoms with Crippen LogP contribution in [0, 0.1) is 0 Å². The van der Waals surface area contributed by atoms with Gasteiger partial charge in [-0.1, -0.05) is 24.0 Å². The quantitative estimate of drug-likeness (QED) is 0.655.